The Bertz CT molecular complexity index is 452. The average molecular weight is 270 g/mol. The van der Waals surface area contributed by atoms with Crippen molar-refractivity contribution in [2.75, 3.05) is 19.5 Å². The van der Waals surface area contributed by atoms with Gasteiger partial charge in [-0.25, -0.2) is 4.39 Å². The third-order valence-corrected chi connectivity index (χ3v) is 2.67. The summed E-state index contributed by atoms with van der Waals surface area (Å²) in [6, 6.07) is 1.89. The van der Waals surface area contributed by atoms with Gasteiger partial charge in [-0.2, -0.15) is 0 Å². The van der Waals surface area contributed by atoms with Crippen molar-refractivity contribution in [3.8, 4) is 11.5 Å². The van der Waals surface area contributed by atoms with Crippen LogP contribution in [0.25, 0.3) is 0 Å². The van der Waals surface area contributed by atoms with Crippen LogP contribution in [0.3, 0.4) is 0 Å². The summed E-state index contributed by atoms with van der Waals surface area (Å²) in [6.45, 7) is 1.93. The SMILES string of the molecule is CCCC(N)C(=O)Nc1cc(F)c(OC)cc1OC. The molecule has 0 heterocycles. The lowest BCUT2D eigenvalue weighted by atomic mass is 10.1. The molecule has 1 atom stereocenters. The monoisotopic (exact) mass is 270 g/mol. The third-order valence-electron chi connectivity index (χ3n) is 2.67. The summed E-state index contributed by atoms with van der Waals surface area (Å²) in [5, 5.41) is 2.55. The zero-order valence-electron chi connectivity index (χ0n) is 11.3. The highest BCUT2D eigenvalue weighted by atomic mass is 19.1. The Morgan fingerprint density at radius 2 is 2.00 bits per heavy atom. The highest BCUT2D eigenvalue weighted by Gasteiger charge is 2.17. The number of nitrogens with one attached hydrogen (secondary N) is 1. The second kappa shape index (κ2) is 6.94. The van der Waals surface area contributed by atoms with Gasteiger partial charge in [0.2, 0.25) is 5.91 Å². The number of halogens is 1. The van der Waals surface area contributed by atoms with Crippen LogP contribution < -0.4 is 20.5 Å². The highest BCUT2D eigenvalue weighted by Crippen LogP contribution is 2.31. The smallest absolute Gasteiger partial charge is 0.241 e. The van der Waals surface area contributed by atoms with Gasteiger partial charge in [-0.1, -0.05) is 13.3 Å². The molecule has 0 fully saturated rings. The van der Waals surface area contributed by atoms with E-state index in [2.05, 4.69) is 5.32 Å². The van der Waals surface area contributed by atoms with Crippen molar-refractivity contribution in [2.24, 2.45) is 5.73 Å². The Kier molecular flexibility index (Phi) is 5.57. The van der Waals surface area contributed by atoms with Crippen LogP contribution in [0, 0.1) is 5.82 Å². The van der Waals surface area contributed by atoms with Crippen LogP contribution >= 0.6 is 0 Å². The number of hydrogen-bond acceptors (Lipinski definition) is 4. The first-order valence-electron chi connectivity index (χ1n) is 6.01. The summed E-state index contributed by atoms with van der Waals surface area (Å²) >= 11 is 0. The molecule has 0 aromatic heterocycles. The fourth-order valence-corrected chi connectivity index (χ4v) is 1.63. The first-order valence-corrected chi connectivity index (χ1v) is 6.01. The van der Waals surface area contributed by atoms with Crippen molar-refractivity contribution >= 4 is 11.6 Å². The van der Waals surface area contributed by atoms with Gasteiger partial charge in [0.15, 0.2) is 11.6 Å². The van der Waals surface area contributed by atoms with Crippen molar-refractivity contribution in [2.45, 2.75) is 25.8 Å². The van der Waals surface area contributed by atoms with E-state index in [4.69, 9.17) is 15.2 Å². The van der Waals surface area contributed by atoms with Crippen LogP contribution in [0.4, 0.5) is 10.1 Å². The van der Waals surface area contributed by atoms with Crippen molar-refractivity contribution in [1.82, 2.24) is 0 Å². The molecule has 0 aliphatic rings. The van der Waals surface area contributed by atoms with Crippen LogP contribution in [-0.2, 0) is 4.79 Å². The van der Waals surface area contributed by atoms with E-state index in [1.54, 1.807) is 0 Å². The van der Waals surface area contributed by atoms with Crippen LogP contribution in [0.15, 0.2) is 12.1 Å². The molecule has 0 bridgehead atoms. The van der Waals surface area contributed by atoms with Gasteiger partial charge in [0.1, 0.15) is 5.75 Å². The lowest BCUT2D eigenvalue weighted by Crippen LogP contribution is -2.35. The van der Waals surface area contributed by atoms with Crippen molar-refractivity contribution in [3.63, 3.8) is 0 Å². The maximum absolute atomic E-state index is 13.6. The summed E-state index contributed by atoms with van der Waals surface area (Å²) in [4.78, 5) is 11.8. The van der Waals surface area contributed by atoms with E-state index in [0.29, 0.717) is 12.2 Å². The van der Waals surface area contributed by atoms with E-state index in [-0.39, 0.29) is 17.3 Å². The molecule has 0 spiro atoms. The predicted octanol–water partition coefficient (Wildman–Crippen LogP) is 1.91. The molecule has 19 heavy (non-hydrogen) atoms. The zero-order chi connectivity index (χ0) is 14.4. The summed E-state index contributed by atoms with van der Waals surface area (Å²) in [5.74, 6) is -0.588. The number of rotatable bonds is 6. The Hall–Kier alpha value is -1.82. The number of methoxy groups -OCH3 is 2. The quantitative estimate of drug-likeness (QED) is 0.828. The van der Waals surface area contributed by atoms with Crippen molar-refractivity contribution < 1.29 is 18.7 Å². The minimum Gasteiger partial charge on any atom is -0.494 e. The summed E-state index contributed by atoms with van der Waals surface area (Å²) in [5.41, 5.74) is 5.92. The van der Waals surface area contributed by atoms with Crippen molar-refractivity contribution in [3.05, 3.63) is 17.9 Å². The standard InChI is InChI=1S/C13H19FN2O3/c1-4-5-9(15)13(17)16-10-6-8(14)11(18-2)7-12(10)19-3/h6-7,9H,4-5,15H2,1-3H3,(H,16,17). The third kappa shape index (κ3) is 3.82. The number of ether oxygens (including phenoxy) is 2. The largest absolute Gasteiger partial charge is 0.494 e. The Labute approximate surface area is 111 Å². The molecule has 1 aromatic carbocycles. The molecule has 1 unspecified atom stereocenters. The number of anilines is 1. The van der Waals surface area contributed by atoms with Crippen LogP contribution in [0.2, 0.25) is 0 Å². The summed E-state index contributed by atoms with van der Waals surface area (Å²) < 4.78 is 23.5. The fourth-order valence-electron chi connectivity index (χ4n) is 1.63. The molecule has 0 aliphatic heterocycles. The second-order valence-corrected chi connectivity index (χ2v) is 4.07. The molecule has 106 valence electrons. The van der Waals surface area contributed by atoms with Crippen LogP contribution in [0.5, 0.6) is 11.5 Å². The molecule has 0 saturated carbocycles. The van der Waals surface area contributed by atoms with Gasteiger partial charge in [-0.3, -0.25) is 4.79 Å². The lowest BCUT2D eigenvalue weighted by Gasteiger charge is -2.15. The van der Waals surface area contributed by atoms with Gasteiger partial charge in [-0.05, 0) is 6.42 Å². The molecule has 0 saturated heterocycles. The molecular formula is C13H19FN2O3. The van der Waals surface area contributed by atoms with Gasteiger partial charge < -0.3 is 20.5 Å². The number of benzene rings is 1. The van der Waals surface area contributed by atoms with E-state index < -0.39 is 11.9 Å². The van der Waals surface area contributed by atoms with Crippen LogP contribution in [0.1, 0.15) is 19.8 Å². The first-order chi connectivity index (χ1) is 9.03. The van der Waals surface area contributed by atoms with E-state index in [1.165, 1.54) is 20.3 Å². The molecule has 6 heteroatoms. The molecule has 1 amide bonds. The van der Waals surface area contributed by atoms with Gasteiger partial charge in [-0.15, -0.1) is 0 Å². The minimum atomic E-state index is -0.625. The molecule has 5 nitrogen and oxygen atoms in total. The highest BCUT2D eigenvalue weighted by molar-refractivity contribution is 5.96. The maximum atomic E-state index is 13.6. The summed E-state index contributed by atoms with van der Waals surface area (Å²) in [7, 11) is 2.78. The lowest BCUT2D eigenvalue weighted by molar-refractivity contribution is -0.117. The second-order valence-electron chi connectivity index (χ2n) is 4.07. The molecule has 0 radical (unpaired) electrons. The van der Waals surface area contributed by atoms with Gasteiger partial charge in [0, 0.05) is 12.1 Å². The zero-order valence-corrected chi connectivity index (χ0v) is 11.3. The number of carbonyl (C=O) groups excluding carboxylic acids is 1. The van der Waals surface area contributed by atoms with E-state index in [1.807, 2.05) is 6.92 Å². The van der Waals surface area contributed by atoms with Gasteiger partial charge in [0.05, 0.1) is 25.9 Å². The Morgan fingerprint density at radius 1 is 1.37 bits per heavy atom. The Balaban J connectivity index is 2.94. The van der Waals surface area contributed by atoms with Crippen molar-refractivity contribution in [1.29, 1.82) is 0 Å². The summed E-state index contributed by atoms with van der Waals surface area (Å²) in [6.07, 6.45) is 1.36. The number of amides is 1. The first kappa shape index (κ1) is 15.2. The van der Waals surface area contributed by atoms with E-state index in [0.717, 1.165) is 12.5 Å². The fraction of sp³-hybridized carbons (Fsp3) is 0.462. The number of carbonyl (C=O) groups is 1. The molecule has 0 aliphatic carbocycles. The van der Waals surface area contributed by atoms with Gasteiger partial charge >= 0.3 is 0 Å². The molecule has 3 N–H and O–H groups in total. The van der Waals surface area contributed by atoms with Gasteiger partial charge in [0.25, 0.3) is 0 Å². The molecule has 1 aromatic rings. The average Bonchev–Trinajstić information content (AvgIpc) is 2.39. The number of nitrogens with two attached hydrogens (primary N) is 1. The maximum Gasteiger partial charge on any atom is 0.241 e. The predicted molar refractivity (Wildman–Crippen MR) is 71.0 cm³/mol. The topological polar surface area (TPSA) is 73.6 Å². The van der Waals surface area contributed by atoms with Crippen LogP contribution in [-0.4, -0.2) is 26.2 Å². The van der Waals surface area contributed by atoms with E-state index >= 15 is 0 Å². The number of hydrogen-bond donors (Lipinski definition) is 2. The molecule has 1 rings (SSSR count). The minimum absolute atomic E-state index is 0.0488. The Morgan fingerprint density at radius 3 is 2.53 bits per heavy atom. The normalized spacial score (nSPS) is 11.8. The van der Waals surface area contributed by atoms with E-state index in [9.17, 15) is 9.18 Å². The molecular weight excluding hydrogens is 251 g/mol.